The second-order valence-corrected chi connectivity index (χ2v) is 4.20. The molecule has 0 aliphatic rings. The van der Waals surface area contributed by atoms with E-state index in [1.165, 1.54) is 64.2 Å². The summed E-state index contributed by atoms with van der Waals surface area (Å²) in [5.74, 6) is 0. The summed E-state index contributed by atoms with van der Waals surface area (Å²) >= 11 is 0. The van der Waals surface area contributed by atoms with Crippen molar-refractivity contribution in [1.82, 2.24) is 0 Å². The van der Waals surface area contributed by atoms with E-state index < -0.39 is 0 Å². The van der Waals surface area contributed by atoms with Crippen molar-refractivity contribution in [3.8, 4) is 0 Å². The van der Waals surface area contributed by atoms with Gasteiger partial charge >= 0.3 is 0 Å². The molecule has 0 aliphatic heterocycles. The molecule has 0 aliphatic carbocycles. The average Bonchev–Trinajstić information content (AvgIpc) is 2.26. The molecule has 0 aromatic rings. The fraction of sp³-hybridized carbons (Fsp3) is 0.867. The lowest BCUT2D eigenvalue weighted by Crippen LogP contribution is -1.71. The van der Waals surface area contributed by atoms with E-state index in [0.717, 1.165) is 0 Å². The van der Waals surface area contributed by atoms with Crippen molar-refractivity contribution in [3.05, 3.63) is 12.7 Å². The van der Waals surface area contributed by atoms with Crippen molar-refractivity contribution in [2.75, 3.05) is 0 Å². The van der Waals surface area contributed by atoms with Gasteiger partial charge in [-0.05, 0) is 12.8 Å². The Hall–Kier alpha value is -0.260. The van der Waals surface area contributed by atoms with Crippen LogP contribution in [0, 0.1) is 0 Å². The minimum absolute atomic E-state index is 1.19. The maximum absolute atomic E-state index is 3.66. The van der Waals surface area contributed by atoms with Gasteiger partial charge in [-0.25, -0.2) is 0 Å². The summed E-state index contributed by atoms with van der Waals surface area (Å²) in [4.78, 5) is 0. The Labute approximate surface area is 98.2 Å². The Kier molecular flexibility index (Phi) is 22.1. The SMILES string of the molecule is C=CCCCCCC.CCCCCCC. The molecule has 0 rings (SSSR count). The van der Waals surface area contributed by atoms with E-state index in [4.69, 9.17) is 0 Å². The highest BCUT2D eigenvalue weighted by atomic mass is 13.9. The van der Waals surface area contributed by atoms with Gasteiger partial charge in [0.05, 0.1) is 0 Å². The molecule has 0 bridgehead atoms. The monoisotopic (exact) mass is 212 g/mol. The van der Waals surface area contributed by atoms with Crippen LogP contribution in [0.15, 0.2) is 12.7 Å². The first-order chi connectivity index (χ1) is 7.33. The minimum Gasteiger partial charge on any atom is -0.103 e. The average molecular weight is 212 g/mol. The summed E-state index contributed by atoms with van der Waals surface area (Å²) in [7, 11) is 0. The van der Waals surface area contributed by atoms with Gasteiger partial charge in [0.15, 0.2) is 0 Å². The summed E-state index contributed by atoms with van der Waals surface area (Å²) in [5, 5.41) is 0. The van der Waals surface area contributed by atoms with E-state index in [2.05, 4.69) is 27.4 Å². The van der Waals surface area contributed by atoms with Crippen LogP contribution in [0.4, 0.5) is 0 Å². The molecule has 0 heterocycles. The Morgan fingerprint density at radius 1 is 0.667 bits per heavy atom. The molecule has 0 saturated heterocycles. The first-order valence-corrected chi connectivity index (χ1v) is 6.94. The highest BCUT2D eigenvalue weighted by Gasteiger charge is 1.81. The van der Waals surface area contributed by atoms with E-state index in [0.29, 0.717) is 0 Å². The van der Waals surface area contributed by atoms with E-state index in [9.17, 15) is 0 Å². The van der Waals surface area contributed by atoms with Crippen LogP contribution in [-0.2, 0) is 0 Å². The topological polar surface area (TPSA) is 0 Å². The molecule has 0 saturated carbocycles. The summed E-state index contributed by atoms with van der Waals surface area (Å²) in [6.45, 7) is 10.4. The zero-order valence-corrected chi connectivity index (χ0v) is 11.4. The van der Waals surface area contributed by atoms with Gasteiger partial charge in [0.25, 0.3) is 0 Å². The van der Waals surface area contributed by atoms with E-state index >= 15 is 0 Å². The molecular weight excluding hydrogens is 180 g/mol. The zero-order valence-electron chi connectivity index (χ0n) is 11.4. The second-order valence-electron chi connectivity index (χ2n) is 4.20. The normalized spacial score (nSPS) is 9.27. The fourth-order valence-electron chi connectivity index (χ4n) is 1.39. The van der Waals surface area contributed by atoms with Gasteiger partial charge in [0.1, 0.15) is 0 Å². The predicted molar refractivity (Wildman–Crippen MR) is 73.4 cm³/mol. The number of rotatable bonds is 9. The maximum Gasteiger partial charge on any atom is -0.0353 e. The Morgan fingerprint density at radius 3 is 1.40 bits per heavy atom. The third kappa shape index (κ3) is 24.8. The van der Waals surface area contributed by atoms with Gasteiger partial charge in [-0.1, -0.05) is 78.2 Å². The van der Waals surface area contributed by atoms with Crippen LogP contribution in [0.3, 0.4) is 0 Å². The maximum atomic E-state index is 3.66. The van der Waals surface area contributed by atoms with Crippen molar-refractivity contribution in [3.63, 3.8) is 0 Å². The largest absolute Gasteiger partial charge is 0.103 e. The van der Waals surface area contributed by atoms with Crippen LogP contribution in [0.1, 0.15) is 85.0 Å². The van der Waals surface area contributed by atoms with E-state index in [1.54, 1.807) is 0 Å². The summed E-state index contributed by atoms with van der Waals surface area (Å²) < 4.78 is 0. The van der Waals surface area contributed by atoms with Crippen LogP contribution in [0.5, 0.6) is 0 Å². The molecule has 92 valence electrons. The molecular formula is C15H32. The number of unbranched alkanes of at least 4 members (excludes halogenated alkanes) is 8. The molecule has 15 heavy (non-hydrogen) atoms. The van der Waals surface area contributed by atoms with Crippen LogP contribution >= 0.6 is 0 Å². The highest BCUT2D eigenvalue weighted by molar-refractivity contribution is 4.64. The first-order valence-electron chi connectivity index (χ1n) is 6.94. The molecule has 0 fully saturated rings. The molecule has 0 aromatic carbocycles. The quantitative estimate of drug-likeness (QED) is 0.319. The van der Waals surface area contributed by atoms with Gasteiger partial charge in [-0.3, -0.25) is 0 Å². The lowest BCUT2D eigenvalue weighted by Gasteiger charge is -1.91. The molecule has 0 nitrogen and oxygen atoms in total. The van der Waals surface area contributed by atoms with Gasteiger partial charge in [-0.2, -0.15) is 0 Å². The Bertz CT molecular complexity index is 90.2. The van der Waals surface area contributed by atoms with Gasteiger partial charge in [0.2, 0.25) is 0 Å². The predicted octanol–water partition coefficient (Wildman–Crippen LogP) is 6.12. The summed E-state index contributed by atoms with van der Waals surface area (Å²) in [6.07, 6.45) is 15.6. The molecule has 0 spiro atoms. The Morgan fingerprint density at radius 2 is 1.07 bits per heavy atom. The smallest absolute Gasteiger partial charge is 0.0353 e. The van der Waals surface area contributed by atoms with Gasteiger partial charge < -0.3 is 0 Å². The summed E-state index contributed by atoms with van der Waals surface area (Å²) in [6, 6.07) is 0. The van der Waals surface area contributed by atoms with Crippen LogP contribution in [0.2, 0.25) is 0 Å². The standard InChI is InChI=1S/C8H16.C7H16/c1-3-5-7-8-6-4-2;1-3-5-7-6-4-2/h3H,1,4-8H2,2H3;3-7H2,1-2H3. The highest BCUT2D eigenvalue weighted by Crippen LogP contribution is 2.01. The minimum atomic E-state index is 1.19. The van der Waals surface area contributed by atoms with Crippen LogP contribution < -0.4 is 0 Å². The number of allylic oxidation sites excluding steroid dienone is 1. The zero-order chi connectivity index (χ0) is 11.8. The molecule has 0 atom stereocenters. The molecule has 0 radical (unpaired) electrons. The van der Waals surface area contributed by atoms with E-state index in [-0.39, 0.29) is 0 Å². The van der Waals surface area contributed by atoms with Gasteiger partial charge in [0, 0.05) is 0 Å². The summed E-state index contributed by atoms with van der Waals surface area (Å²) in [5.41, 5.74) is 0. The molecule has 0 heteroatoms. The molecule has 0 amide bonds. The lowest BCUT2D eigenvalue weighted by molar-refractivity contribution is 0.656. The van der Waals surface area contributed by atoms with Crippen molar-refractivity contribution in [2.24, 2.45) is 0 Å². The molecule has 0 aromatic heterocycles. The van der Waals surface area contributed by atoms with Crippen molar-refractivity contribution >= 4 is 0 Å². The second kappa shape index (κ2) is 19.3. The van der Waals surface area contributed by atoms with Crippen molar-refractivity contribution in [1.29, 1.82) is 0 Å². The molecule has 0 unspecified atom stereocenters. The lowest BCUT2D eigenvalue weighted by atomic mass is 10.2. The Balaban J connectivity index is 0. The first kappa shape index (κ1) is 17.1. The van der Waals surface area contributed by atoms with Crippen LogP contribution in [-0.4, -0.2) is 0 Å². The van der Waals surface area contributed by atoms with Crippen LogP contribution in [0.25, 0.3) is 0 Å². The number of hydrogen-bond acceptors (Lipinski definition) is 0. The third-order valence-corrected chi connectivity index (χ3v) is 2.47. The van der Waals surface area contributed by atoms with Crippen molar-refractivity contribution in [2.45, 2.75) is 85.0 Å². The fourth-order valence-corrected chi connectivity index (χ4v) is 1.39. The molecule has 0 N–H and O–H groups in total. The van der Waals surface area contributed by atoms with E-state index in [1.807, 2.05) is 6.08 Å². The van der Waals surface area contributed by atoms with Crippen molar-refractivity contribution < 1.29 is 0 Å². The number of hydrogen-bond donors (Lipinski definition) is 0. The third-order valence-electron chi connectivity index (χ3n) is 2.47. The van der Waals surface area contributed by atoms with Gasteiger partial charge in [-0.15, -0.1) is 6.58 Å².